The maximum absolute atomic E-state index is 12.2. The zero-order valence-electron chi connectivity index (χ0n) is 12.7. The summed E-state index contributed by atoms with van der Waals surface area (Å²) < 4.78 is 9.52. The summed E-state index contributed by atoms with van der Waals surface area (Å²) in [6.45, 7) is 3.34. The molecule has 0 amide bonds. The molecule has 1 aromatic rings. The van der Waals surface area contributed by atoms with Crippen molar-refractivity contribution in [3.8, 4) is 0 Å². The monoisotopic (exact) mass is 308 g/mol. The number of aliphatic hydroxyl groups excluding tert-OH is 1. The van der Waals surface area contributed by atoms with Gasteiger partial charge in [0.05, 0.1) is 13.2 Å². The van der Waals surface area contributed by atoms with Crippen LogP contribution in [0.1, 0.15) is 30.6 Å². The van der Waals surface area contributed by atoms with Crippen LogP contribution in [0, 0.1) is 5.92 Å². The quantitative estimate of drug-likeness (QED) is 0.576. The van der Waals surface area contributed by atoms with E-state index in [2.05, 4.69) is 0 Å². The maximum Gasteiger partial charge on any atom is 0.335 e. The third-order valence-electron chi connectivity index (χ3n) is 3.00. The smallest absolute Gasteiger partial charge is 0.335 e. The molecular weight excluding hydrogens is 288 g/mol. The Balaban J connectivity index is 2.88. The van der Waals surface area contributed by atoms with Gasteiger partial charge in [-0.1, -0.05) is 30.3 Å². The van der Waals surface area contributed by atoms with Crippen LogP contribution < -0.4 is 0 Å². The zero-order chi connectivity index (χ0) is 16.5. The fourth-order valence-electron chi connectivity index (χ4n) is 1.91. The SMILES string of the molecule is CCOC(=O)[C@@H](CC(=O)c1ccccc1)[C@@H](O)C(=O)OCC. The third-order valence-corrected chi connectivity index (χ3v) is 3.00. The molecule has 0 aliphatic heterocycles. The van der Waals surface area contributed by atoms with Gasteiger partial charge < -0.3 is 14.6 Å². The molecule has 0 saturated carbocycles. The summed E-state index contributed by atoms with van der Waals surface area (Å²) in [6.07, 6.45) is -2.06. The van der Waals surface area contributed by atoms with E-state index in [1.165, 1.54) is 0 Å². The number of carbonyl (C=O) groups is 3. The second-order valence-corrected chi connectivity index (χ2v) is 4.55. The summed E-state index contributed by atoms with van der Waals surface area (Å²) in [6, 6.07) is 8.33. The van der Waals surface area contributed by atoms with Crippen LogP contribution in [0.3, 0.4) is 0 Å². The van der Waals surface area contributed by atoms with Gasteiger partial charge in [0.25, 0.3) is 0 Å². The van der Waals surface area contributed by atoms with Gasteiger partial charge in [-0.25, -0.2) is 4.79 Å². The minimum Gasteiger partial charge on any atom is -0.466 e. The number of Topliss-reactive ketones (excluding diaryl/α,β-unsaturated/α-hetero) is 1. The van der Waals surface area contributed by atoms with E-state index in [1.807, 2.05) is 0 Å². The molecule has 0 heterocycles. The standard InChI is InChI=1S/C16H20O6/c1-3-21-15(19)12(14(18)16(20)22-4-2)10-13(17)11-8-6-5-7-9-11/h5-9,12,14,18H,3-4,10H2,1-2H3/t12-,14+/m0/s1. The molecule has 0 aliphatic rings. The molecule has 0 aromatic heterocycles. The molecule has 6 heteroatoms. The average Bonchev–Trinajstić information content (AvgIpc) is 2.53. The number of benzene rings is 1. The van der Waals surface area contributed by atoms with Crippen LogP contribution >= 0.6 is 0 Å². The van der Waals surface area contributed by atoms with E-state index in [4.69, 9.17) is 9.47 Å². The van der Waals surface area contributed by atoms with Gasteiger partial charge in [0.15, 0.2) is 11.9 Å². The third kappa shape index (κ3) is 4.96. The molecule has 1 aromatic carbocycles. The van der Waals surface area contributed by atoms with E-state index in [0.29, 0.717) is 5.56 Å². The first-order chi connectivity index (χ1) is 10.5. The first kappa shape index (κ1) is 17.8. The summed E-state index contributed by atoms with van der Waals surface area (Å²) in [4.78, 5) is 35.7. The molecule has 1 N–H and O–H groups in total. The second kappa shape index (κ2) is 8.94. The number of carbonyl (C=O) groups excluding carboxylic acids is 3. The molecule has 0 aliphatic carbocycles. The Morgan fingerprint density at radius 1 is 1.00 bits per heavy atom. The van der Waals surface area contributed by atoms with Crippen LogP contribution in [0.25, 0.3) is 0 Å². The van der Waals surface area contributed by atoms with Crippen LogP contribution in [0.2, 0.25) is 0 Å². The average molecular weight is 308 g/mol. The summed E-state index contributed by atoms with van der Waals surface area (Å²) >= 11 is 0. The van der Waals surface area contributed by atoms with Crippen molar-refractivity contribution in [2.45, 2.75) is 26.4 Å². The number of hydrogen-bond donors (Lipinski definition) is 1. The van der Waals surface area contributed by atoms with Crippen molar-refractivity contribution < 1.29 is 29.0 Å². The highest BCUT2D eigenvalue weighted by molar-refractivity contribution is 5.99. The van der Waals surface area contributed by atoms with Crippen molar-refractivity contribution in [2.24, 2.45) is 5.92 Å². The highest BCUT2D eigenvalue weighted by atomic mass is 16.6. The van der Waals surface area contributed by atoms with Crippen molar-refractivity contribution >= 4 is 17.7 Å². The molecule has 0 bridgehead atoms. The normalized spacial score (nSPS) is 13.0. The number of hydrogen-bond acceptors (Lipinski definition) is 6. The fourth-order valence-corrected chi connectivity index (χ4v) is 1.91. The van der Waals surface area contributed by atoms with Crippen LogP contribution in [0.5, 0.6) is 0 Å². The molecule has 22 heavy (non-hydrogen) atoms. The highest BCUT2D eigenvalue weighted by Crippen LogP contribution is 2.17. The van der Waals surface area contributed by atoms with Crippen molar-refractivity contribution in [1.29, 1.82) is 0 Å². The number of esters is 2. The molecule has 2 atom stereocenters. The van der Waals surface area contributed by atoms with Gasteiger partial charge in [-0.3, -0.25) is 9.59 Å². The van der Waals surface area contributed by atoms with E-state index in [9.17, 15) is 19.5 Å². The Kier molecular flexibility index (Phi) is 7.25. The van der Waals surface area contributed by atoms with Gasteiger partial charge in [-0.15, -0.1) is 0 Å². The lowest BCUT2D eigenvalue weighted by molar-refractivity contribution is -0.165. The molecule has 0 radical (unpaired) electrons. The Hall–Kier alpha value is -2.21. The van der Waals surface area contributed by atoms with E-state index in [-0.39, 0.29) is 25.4 Å². The van der Waals surface area contributed by atoms with Gasteiger partial charge in [0.2, 0.25) is 0 Å². The largest absolute Gasteiger partial charge is 0.466 e. The second-order valence-electron chi connectivity index (χ2n) is 4.55. The number of rotatable bonds is 8. The lowest BCUT2D eigenvalue weighted by Gasteiger charge is -2.19. The van der Waals surface area contributed by atoms with Crippen LogP contribution in [0.4, 0.5) is 0 Å². The highest BCUT2D eigenvalue weighted by Gasteiger charge is 2.36. The number of ketones is 1. The van der Waals surface area contributed by atoms with Crippen molar-refractivity contribution in [3.63, 3.8) is 0 Å². The first-order valence-electron chi connectivity index (χ1n) is 7.10. The Bertz CT molecular complexity index is 511. The molecule has 0 spiro atoms. The summed E-state index contributed by atoms with van der Waals surface area (Å²) in [5, 5.41) is 9.97. The fraction of sp³-hybridized carbons (Fsp3) is 0.438. The van der Waals surface area contributed by atoms with E-state index in [1.54, 1.807) is 44.2 Å². The Morgan fingerprint density at radius 2 is 1.55 bits per heavy atom. The predicted octanol–water partition coefficient (Wildman–Crippen LogP) is 1.36. The molecule has 0 fully saturated rings. The van der Waals surface area contributed by atoms with Crippen LogP contribution in [0.15, 0.2) is 30.3 Å². The molecular formula is C16H20O6. The van der Waals surface area contributed by atoms with E-state index >= 15 is 0 Å². The number of ether oxygens (including phenoxy) is 2. The lowest BCUT2D eigenvalue weighted by Crippen LogP contribution is -2.38. The van der Waals surface area contributed by atoms with E-state index < -0.39 is 24.0 Å². The maximum atomic E-state index is 12.2. The lowest BCUT2D eigenvalue weighted by atomic mass is 9.93. The summed E-state index contributed by atoms with van der Waals surface area (Å²) in [5.41, 5.74) is 0.396. The van der Waals surface area contributed by atoms with Gasteiger partial charge >= 0.3 is 11.9 Å². The van der Waals surface area contributed by atoms with Crippen LogP contribution in [-0.2, 0) is 19.1 Å². The zero-order valence-corrected chi connectivity index (χ0v) is 12.7. The Morgan fingerprint density at radius 3 is 2.09 bits per heavy atom. The van der Waals surface area contributed by atoms with Gasteiger partial charge in [-0.2, -0.15) is 0 Å². The molecule has 1 rings (SSSR count). The van der Waals surface area contributed by atoms with Crippen LogP contribution in [-0.4, -0.2) is 42.1 Å². The molecule has 0 saturated heterocycles. The van der Waals surface area contributed by atoms with Gasteiger partial charge in [-0.05, 0) is 13.8 Å². The minimum absolute atomic E-state index is 0.0675. The predicted molar refractivity (Wildman–Crippen MR) is 78.2 cm³/mol. The number of aliphatic hydroxyl groups is 1. The van der Waals surface area contributed by atoms with Crippen molar-refractivity contribution in [1.82, 2.24) is 0 Å². The Labute approximate surface area is 129 Å². The first-order valence-corrected chi connectivity index (χ1v) is 7.10. The molecule has 120 valence electrons. The van der Waals surface area contributed by atoms with Crippen molar-refractivity contribution in [3.05, 3.63) is 35.9 Å². The van der Waals surface area contributed by atoms with Gasteiger partial charge in [0.1, 0.15) is 5.92 Å². The minimum atomic E-state index is -1.73. The summed E-state index contributed by atoms with van der Waals surface area (Å²) in [5.74, 6) is -3.39. The molecule has 0 unspecified atom stereocenters. The summed E-state index contributed by atoms with van der Waals surface area (Å²) in [7, 11) is 0. The van der Waals surface area contributed by atoms with E-state index in [0.717, 1.165) is 0 Å². The topological polar surface area (TPSA) is 89.9 Å². The van der Waals surface area contributed by atoms with Crippen molar-refractivity contribution in [2.75, 3.05) is 13.2 Å². The van der Waals surface area contributed by atoms with Gasteiger partial charge in [0, 0.05) is 12.0 Å². The molecule has 6 nitrogen and oxygen atoms in total.